The molecule has 0 unspecified atom stereocenters. The van der Waals surface area contributed by atoms with Crippen molar-refractivity contribution in [3.8, 4) is 0 Å². The van der Waals surface area contributed by atoms with Gasteiger partial charge in [-0.15, -0.1) is 0 Å². The lowest BCUT2D eigenvalue weighted by Crippen LogP contribution is -2.44. The first-order chi connectivity index (χ1) is 8.54. The first-order valence-corrected chi connectivity index (χ1v) is 5.90. The van der Waals surface area contributed by atoms with Crippen LogP contribution in [0.15, 0.2) is 24.3 Å². The van der Waals surface area contributed by atoms with Crippen LogP contribution in [-0.2, 0) is 4.79 Å². The van der Waals surface area contributed by atoms with Crippen LogP contribution in [0.5, 0.6) is 0 Å². The number of hydrogen-bond acceptors (Lipinski definition) is 2. The number of primary amides is 1. The van der Waals surface area contributed by atoms with E-state index in [4.69, 9.17) is 5.73 Å². The SMILES string of the molecule is CCCC[C@@H](NC(=O)c1cccc(F)c1)C(N)=O. The molecule has 1 aromatic carbocycles. The minimum absolute atomic E-state index is 0.178. The molecule has 0 radical (unpaired) electrons. The third-order valence-electron chi connectivity index (χ3n) is 2.58. The maximum atomic E-state index is 13.0. The summed E-state index contributed by atoms with van der Waals surface area (Å²) in [5.74, 6) is -1.56. The molecular formula is C13H17FN2O2. The fourth-order valence-electron chi connectivity index (χ4n) is 1.57. The Kier molecular flexibility index (Phi) is 5.30. The normalized spacial score (nSPS) is 11.9. The van der Waals surface area contributed by atoms with Gasteiger partial charge in [0.25, 0.3) is 5.91 Å². The third-order valence-corrected chi connectivity index (χ3v) is 2.58. The molecular weight excluding hydrogens is 235 g/mol. The molecule has 0 aliphatic heterocycles. The second-order valence-corrected chi connectivity index (χ2v) is 4.08. The molecule has 0 aliphatic rings. The molecule has 2 amide bonds. The average molecular weight is 252 g/mol. The molecule has 0 saturated heterocycles. The molecule has 4 nitrogen and oxygen atoms in total. The Morgan fingerprint density at radius 3 is 2.72 bits per heavy atom. The van der Waals surface area contributed by atoms with Crippen LogP contribution in [0.3, 0.4) is 0 Å². The van der Waals surface area contributed by atoms with Crippen LogP contribution >= 0.6 is 0 Å². The van der Waals surface area contributed by atoms with E-state index in [1.165, 1.54) is 18.2 Å². The fourth-order valence-corrected chi connectivity index (χ4v) is 1.57. The highest BCUT2D eigenvalue weighted by molar-refractivity contribution is 5.97. The van der Waals surface area contributed by atoms with Crippen LogP contribution in [0.25, 0.3) is 0 Å². The molecule has 5 heteroatoms. The van der Waals surface area contributed by atoms with E-state index in [9.17, 15) is 14.0 Å². The zero-order chi connectivity index (χ0) is 13.5. The van der Waals surface area contributed by atoms with E-state index in [1.807, 2.05) is 6.92 Å². The Bertz CT molecular complexity index is 435. The van der Waals surface area contributed by atoms with E-state index in [-0.39, 0.29) is 5.56 Å². The van der Waals surface area contributed by atoms with Crippen molar-refractivity contribution in [3.05, 3.63) is 35.6 Å². The van der Waals surface area contributed by atoms with Crippen LogP contribution in [0.2, 0.25) is 0 Å². The van der Waals surface area contributed by atoms with E-state index in [1.54, 1.807) is 0 Å². The van der Waals surface area contributed by atoms with Crippen molar-refractivity contribution in [3.63, 3.8) is 0 Å². The van der Waals surface area contributed by atoms with Gasteiger partial charge in [-0.25, -0.2) is 4.39 Å². The lowest BCUT2D eigenvalue weighted by molar-refractivity contribution is -0.120. The molecule has 0 aromatic heterocycles. The van der Waals surface area contributed by atoms with Crippen LogP contribution in [0.1, 0.15) is 36.5 Å². The second-order valence-electron chi connectivity index (χ2n) is 4.08. The largest absolute Gasteiger partial charge is 0.368 e. The first-order valence-electron chi connectivity index (χ1n) is 5.90. The summed E-state index contributed by atoms with van der Waals surface area (Å²) in [7, 11) is 0. The number of amides is 2. The summed E-state index contributed by atoms with van der Waals surface area (Å²) in [6.45, 7) is 1.98. The monoisotopic (exact) mass is 252 g/mol. The van der Waals surface area contributed by atoms with Gasteiger partial charge in [0.15, 0.2) is 0 Å². The minimum atomic E-state index is -0.708. The number of nitrogens with two attached hydrogens (primary N) is 1. The number of halogens is 1. The van der Waals surface area contributed by atoms with E-state index < -0.39 is 23.7 Å². The van der Waals surface area contributed by atoms with E-state index >= 15 is 0 Å². The van der Waals surface area contributed by atoms with Crippen molar-refractivity contribution in [2.75, 3.05) is 0 Å². The number of rotatable bonds is 6. The quantitative estimate of drug-likeness (QED) is 0.807. The van der Waals surface area contributed by atoms with Crippen LogP contribution in [0.4, 0.5) is 4.39 Å². The topological polar surface area (TPSA) is 72.2 Å². The molecule has 1 aromatic rings. The van der Waals surface area contributed by atoms with Crippen LogP contribution < -0.4 is 11.1 Å². The van der Waals surface area contributed by atoms with Crippen molar-refractivity contribution >= 4 is 11.8 Å². The number of unbranched alkanes of at least 4 members (excludes halogenated alkanes) is 1. The standard InChI is InChI=1S/C13H17FN2O2/c1-2-3-7-11(12(15)17)16-13(18)9-5-4-6-10(14)8-9/h4-6,8,11H,2-3,7H2,1H3,(H2,15,17)(H,16,18)/t11-/m1/s1. The number of carbonyl (C=O) groups is 2. The maximum absolute atomic E-state index is 13.0. The first kappa shape index (κ1) is 14.2. The Morgan fingerprint density at radius 1 is 1.44 bits per heavy atom. The molecule has 18 heavy (non-hydrogen) atoms. The smallest absolute Gasteiger partial charge is 0.252 e. The molecule has 1 rings (SSSR count). The minimum Gasteiger partial charge on any atom is -0.368 e. The van der Waals surface area contributed by atoms with Crippen LogP contribution in [0, 0.1) is 5.82 Å². The van der Waals surface area contributed by atoms with Gasteiger partial charge >= 0.3 is 0 Å². The summed E-state index contributed by atoms with van der Waals surface area (Å²) in [4.78, 5) is 23.0. The van der Waals surface area contributed by atoms with Crippen LogP contribution in [-0.4, -0.2) is 17.9 Å². The Labute approximate surface area is 105 Å². The molecule has 98 valence electrons. The Balaban J connectivity index is 2.69. The van der Waals surface area contributed by atoms with Crippen molar-refractivity contribution in [1.82, 2.24) is 5.32 Å². The fraction of sp³-hybridized carbons (Fsp3) is 0.385. The van der Waals surface area contributed by atoms with E-state index in [0.29, 0.717) is 6.42 Å². The van der Waals surface area contributed by atoms with Crippen molar-refractivity contribution < 1.29 is 14.0 Å². The Hall–Kier alpha value is -1.91. The molecule has 3 N–H and O–H groups in total. The van der Waals surface area contributed by atoms with Gasteiger partial charge in [-0.05, 0) is 24.6 Å². The summed E-state index contributed by atoms with van der Waals surface area (Å²) >= 11 is 0. The molecule has 0 aliphatic carbocycles. The summed E-state index contributed by atoms with van der Waals surface area (Å²) < 4.78 is 13.0. The Morgan fingerprint density at radius 2 is 2.17 bits per heavy atom. The van der Waals surface area contributed by atoms with Gasteiger partial charge in [-0.1, -0.05) is 25.8 Å². The third kappa shape index (κ3) is 4.16. The lowest BCUT2D eigenvalue weighted by Gasteiger charge is -2.15. The van der Waals surface area contributed by atoms with Crippen molar-refractivity contribution in [2.24, 2.45) is 5.73 Å². The zero-order valence-corrected chi connectivity index (χ0v) is 10.3. The second kappa shape index (κ2) is 6.74. The summed E-state index contributed by atoms with van der Waals surface area (Å²) in [5, 5.41) is 2.51. The highest BCUT2D eigenvalue weighted by Crippen LogP contribution is 2.06. The van der Waals surface area contributed by atoms with Gasteiger partial charge in [0.1, 0.15) is 11.9 Å². The summed E-state index contributed by atoms with van der Waals surface area (Å²) in [5.41, 5.74) is 5.38. The van der Waals surface area contributed by atoms with Gasteiger partial charge in [-0.3, -0.25) is 9.59 Å². The highest BCUT2D eigenvalue weighted by Gasteiger charge is 2.18. The average Bonchev–Trinajstić information content (AvgIpc) is 2.33. The van der Waals surface area contributed by atoms with E-state index in [0.717, 1.165) is 18.9 Å². The predicted octanol–water partition coefficient (Wildman–Crippen LogP) is 1.60. The lowest BCUT2D eigenvalue weighted by atomic mass is 10.1. The number of hydrogen-bond donors (Lipinski definition) is 2. The van der Waals surface area contributed by atoms with Crippen molar-refractivity contribution in [1.29, 1.82) is 0 Å². The number of benzene rings is 1. The molecule has 0 spiro atoms. The zero-order valence-electron chi connectivity index (χ0n) is 10.3. The number of nitrogens with one attached hydrogen (secondary N) is 1. The molecule has 0 heterocycles. The van der Waals surface area contributed by atoms with Gasteiger partial charge in [0.05, 0.1) is 0 Å². The molecule has 1 atom stereocenters. The van der Waals surface area contributed by atoms with Crippen molar-refractivity contribution in [2.45, 2.75) is 32.2 Å². The summed E-state index contributed by atoms with van der Waals surface area (Å²) in [6, 6.07) is 4.58. The van der Waals surface area contributed by atoms with Gasteiger partial charge in [-0.2, -0.15) is 0 Å². The molecule has 0 bridgehead atoms. The predicted molar refractivity (Wildman–Crippen MR) is 66.4 cm³/mol. The van der Waals surface area contributed by atoms with Gasteiger partial charge in [0.2, 0.25) is 5.91 Å². The highest BCUT2D eigenvalue weighted by atomic mass is 19.1. The molecule has 0 saturated carbocycles. The van der Waals surface area contributed by atoms with Gasteiger partial charge < -0.3 is 11.1 Å². The number of carbonyl (C=O) groups excluding carboxylic acids is 2. The summed E-state index contributed by atoms with van der Waals surface area (Å²) in [6.07, 6.45) is 2.18. The maximum Gasteiger partial charge on any atom is 0.252 e. The molecule has 0 fully saturated rings. The van der Waals surface area contributed by atoms with Gasteiger partial charge in [0, 0.05) is 5.56 Å². The van der Waals surface area contributed by atoms with E-state index in [2.05, 4.69) is 5.32 Å².